The lowest BCUT2D eigenvalue weighted by molar-refractivity contribution is 0.662. The molecule has 1 unspecified atom stereocenters. The fraction of sp³-hybridized carbons (Fsp3) is 0.286. The highest BCUT2D eigenvalue weighted by Crippen LogP contribution is 2.28. The number of anilines is 1. The van der Waals surface area contributed by atoms with Crippen LogP contribution < -0.4 is 11.1 Å². The third-order valence-corrected chi connectivity index (χ3v) is 3.30. The van der Waals surface area contributed by atoms with Crippen molar-refractivity contribution in [3.05, 3.63) is 52.4 Å². The first-order valence-electron chi connectivity index (χ1n) is 6.19. The smallest absolute Gasteiger partial charge is 0.128 e. The molecule has 1 atom stereocenters. The first kappa shape index (κ1) is 13.8. The van der Waals surface area contributed by atoms with E-state index in [0.717, 1.165) is 17.7 Å². The van der Waals surface area contributed by atoms with Gasteiger partial charge in [0, 0.05) is 18.0 Å². The number of hydrogen-bond donors (Lipinski definition) is 2. The Morgan fingerprint density at radius 3 is 2.89 bits per heavy atom. The standard InChI is InChI=1S/C14H17ClN4/c1-3-9-5-4-6-18-12(9)13(17-2)11-7-10(15)8-19-14(11)16/h4-8,13,17H,3H2,1-2H3,(H2,16,19). The van der Waals surface area contributed by atoms with E-state index in [2.05, 4.69) is 28.3 Å². The van der Waals surface area contributed by atoms with E-state index >= 15 is 0 Å². The maximum absolute atomic E-state index is 6.01. The Labute approximate surface area is 118 Å². The lowest BCUT2D eigenvalue weighted by atomic mass is 9.99. The second-order valence-electron chi connectivity index (χ2n) is 4.25. The van der Waals surface area contributed by atoms with Crippen molar-refractivity contribution in [2.45, 2.75) is 19.4 Å². The van der Waals surface area contributed by atoms with Gasteiger partial charge in [-0.15, -0.1) is 0 Å². The molecule has 3 N–H and O–H groups in total. The predicted octanol–water partition coefficient (Wildman–Crippen LogP) is 2.58. The van der Waals surface area contributed by atoms with Gasteiger partial charge in [-0.2, -0.15) is 0 Å². The molecule has 19 heavy (non-hydrogen) atoms. The molecule has 2 aromatic heterocycles. The van der Waals surface area contributed by atoms with E-state index in [1.165, 1.54) is 5.56 Å². The van der Waals surface area contributed by atoms with Crippen molar-refractivity contribution in [3.63, 3.8) is 0 Å². The van der Waals surface area contributed by atoms with Gasteiger partial charge in [0.2, 0.25) is 0 Å². The number of rotatable bonds is 4. The third-order valence-electron chi connectivity index (χ3n) is 3.10. The lowest BCUT2D eigenvalue weighted by Crippen LogP contribution is -2.22. The number of nitrogens with one attached hydrogen (secondary N) is 1. The van der Waals surface area contributed by atoms with Crippen LogP contribution in [0.5, 0.6) is 0 Å². The van der Waals surface area contributed by atoms with E-state index in [4.69, 9.17) is 17.3 Å². The molecular weight excluding hydrogens is 260 g/mol. The first-order valence-corrected chi connectivity index (χ1v) is 6.57. The predicted molar refractivity (Wildman–Crippen MR) is 78.2 cm³/mol. The third kappa shape index (κ3) is 2.85. The van der Waals surface area contributed by atoms with Crippen molar-refractivity contribution >= 4 is 17.4 Å². The van der Waals surface area contributed by atoms with Gasteiger partial charge in [-0.05, 0) is 31.2 Å². The number of aryl methyl sites for hydroxylation is 1. The molecule has 0 aromatic carbocycles. The van der Waals surface area contributed by atoms with Crippen LogP contribution in [0, 0.1) is 0 Å². The molecule has 0 aliphatic carbocycles. The molecule has 0 saturated carbocycles. The SMILES string of the molecule is CCc1cccnc1C(NC)c1cc(Cl)cnc1N. The molecule has 0 radical (unpaired) electrons. The highest BCUT2D eigenvalue weighted by atomic mass is 35.5. The summed E-state index contributed by atoms with van der Waals surface area (Å²) in [6, 6.07) is 5.73. The molecule has 0 saturated heterocycles. The fourth-order valence-electron chi connectivity index (χ4n) is 2.15. The van der Waals surface area contributed by atoms with Crippen LogP contribution in [-0.4, -0.2) is 17.0 Å². The van der Waals surface area contributed by atoms with Crippen LogP contribution in [-0.2, 0) is 6.42 Å². The summed E-state index contributed by atoms with van der Waals surface area (Å²) in [5.41, 5.74) is 8.95. The molecule has 0 bridgehead atoms. The van der Waals surface area contributed by atoms with Crippen LogP contribution in [0.15, 0.2) is 30.6 Å². The number of nitrogen functional groups attached to an aromatic ring is 1. The Balaban J connectivity index is 2.53. The molecule has 0 fully saturated rings. The summed E-state index contributed by atoms with van der Waals surface area (Å²) in [5.74, 6) is 0.469. The summed E-state index contributed by atoms with van der Waals surface area (Å²) < 4.78 is 0. The summed E-state index contributed by atoms with van der Waals surface area (Å²) in [5, 5.41) is 3.80. The van der Waals surface area contributed by atoms with E-state index in [0.29, 0.717) is 10.8 Å². The number of pyridine rings is 2. The number of nitrogens with two attached hydrogens (primary N) is 1. The minimum Gasteiger partial charge on any atom is -0.383 e. The zero-order valence-corrected chi connectivity index (χ0v) is 11.8. The Morgan fingerprint density at radius 1 is 1.42 bits per heavy atom. The molecule has 0 aliphatic heterocycles. The van der Waals surface area contributed by atoms with Gasteiger partial charge in [-0.25, -0.2) is 4.98 Å². The van der Waals surface area contributed by atoms with Crippen molar-refractivity contribution in [3.8, 4) is 0 Å². The average Bonchev–Trinajstić information content (AvgIpc) is 2.44. The molecule has 0 spiro atoms. The summed E-state index contributed by atoms with van der Waals surface area (Å²) in [4.78, 5) is 8.59. The van der Waals surface area contributed by atoms with Gasteiger partial charge in [-0.1, -0.05) is 24.6 Å². The first-order chi connectivity index (χ1) is 9.17. The molecular formula is C14H17ClN4. The molecule has 5 heteroatoms. The zero-order chi connectivity index (χ0) is 13.8. The summed E-state index contributed by atoms with van der Waals surface area (Å²) >= 11 is 6.01. The Kier molecular flexibility index (Phi) is 4.35. The van der Waals surface area contributed by atoms with Gasteiger partial charge < -0.3 is 11.1 Å². The number of nitrogens with zero attached hydrogens (tertiary/aromatic N) is 2. The Bertz CT molecular complexity index is 571. The molecule has 2 aromatic rings. The highest BCUT2D eigenvalue weighted by Gasteiger charge is 2.19. The van der Waals surface area contributed by atoms with Crippen LogP contribution in [0.25, 0.3) is 0 Å². The van der Waals surface area contributed by atoms with Gasteiger partial charge in [0.25, 0.3) is 0 Å². The number of halogens is 1. The quantitative estimate of drug-likeness (QED) is 0.901. The molecule has 2 rings (SSSR count). The highest BCUT2D eigenvalue weighted by molar-refractivity contribution is 6.30. The summed E-state index contributed by atoms with van der Waals surface area (Å²) in [6.07, 6.45) is 4.24. The van der Waals surface area contributed by atoms with Crippen LogP contribution in [0.3, 0.4) is 0 Å². The van der Waals surface area contributed by atoms with Crippen LogP contribution in [0.2, 0.25) is 5.02 Å². The van der Waals surface area contributed by atoms with Gasteiger partial charge in [0.05, 0.1) is 16.8 Å². The maximum atomic E-state index is 6.01. The lowest BCUT2D eigenvalue weighted by Gasteiger charge is -2.20. The average molecular weight is 277 g/mol. The van der Waals surface area contributed by atoms with Gasteiger partial charge in [0.1, 0.15) is 5.82 Å². The Hall–Kier alpha value is -1.65. The topological polar surface area (TPSA) is 63.8 Å². The van der Waals surface area contributed by atoms with E-state index in [1.807, 2.05) is 19.2 Å². The van der Waals surface area contributed by atoms with E-state index in [-0.39, 0.29) is 6.04 Å². The normalized spacial score (nSPS) is 12.4. The second-order valence-corrected chi connectivity index (χ2v) is 4.69. The van der Waals surface area contributed by atoms with Crippen LogP contribution in [0.4, 0.5) is 5.82 Å². The van der Waals surface area contributed by atoms with Crippen molar-refractivity contribution < 1.29 is 0 Å². The molecule has 0 aliphatic rings. The van der Waals surface area contributed by atoms with Gasteiger partial charge in [-0.3, -0.25) is 4.98 Å². The van der Waals surface area contributed by atoms with Gasteiger partial charge >= 0.3 is 0 Å². The summed E-state index contributed by atoms with van der Waals surface area (Å²) in [7, 11) is 1.87. The fourth-order valence-corrected chi connectivity index (χ4v) is 2.31. The van der Waals surface area contributed by atoms with Crippen molar-refractivity contribution in [1.29, 1.82) is 0 Å². The molecule has 2 heterocycles. The number of aromatic nitrogens is 2. The minimum absolute atomic E-state index is 0.109. The second kappa shape index (κ2) is 5.99. The van der Waals surface area contributed by atoms with E-state index < -0.39 is 0 Å². The minimum atomic E-state index is -0.109. The maximum Gasteiger partial charge on any atom is 0.128 e. The summed E-state index contributed by atoms with van der Waals surface area (Å²) in [6.45, 7) is 2.10. The van der Waals surface area contributed by atoms with Gasteiger partial charge in [0.15, 0.2) is 0 Å². The largest absolute Gasteiger partial charge is 0.383 e. The van der Waals surface area contributed by atoms with E-state index in [9.17, 15) is 0 Å². The number of hydrogen-bond acceptors (Lipinski definition) is 4. The van der Waals surface area contributed by atoms with Crippen molar-refractivity contribution in [1.82, 2.24) is 15.3 Å². The zero-order valence-electron chi connectivity index (χ0n) is 11.0. The van der Waals surface area contributed by atoms with Crippen LogP contribution in [0.1, 0.15) is 29.8 Å². The molecule has 4 nitrogen and oxygen atoms in total. The van der Waals surface area contributed by atoms with Crippen molar-refractivity contribution in [2.24, 2.45) is 0 Å². The van der Waals surface area contributed by atoms with Crippen molar-refractivity contribution in [2.75, 3.05) is 12.8 Å². The van der Waals surface area contributed by atoms with E-state index in [1.54, 1.807) is 12.4 Å². The van der Waals surface area contributed by atoms with Crippen LogP contribution >= 0.6 is 11.6 Å². The Morgan fingerprint density at radius 2 is 2.21 bits per heavy atom. The molecule has 100 valence electrons. The monoisotopic (exact) mass is 276 g/mol. The molecule has 0 amide bonds.